The van der Waals surface area contributed by atoms with Crippen molar-refractivity contribution in [3.63, 3.8) is 0 Å². The topological polar surface area (TPSA) is 35.2 Å². The van der Waals surface area contributed by atoms with E-state index >= 15 is 0 Å². The van der Waals surface area contributed by atoms with Gasteiger partial charge in [0.25, 0.3) is 0 Å². The molecule has 0 rings (SSSR count). The Morgan fingerprint density at radius 2 is 1.48 bits per heavy atom. The van der Waals surface area contributed by atoms with E-state index in [1.165, 1.54) is 19.3 Å². The summed E-state index contributed by atoms with van der Waals surface area (Å²) in [6.07, 6.45) is 5.70. The molecule has 2 N–H and O–H groups in total. The van der Waals surface area contributed by atoms with E-state index in [2.05, 4.69) is 55.4 Å². The third kappa shape index (κ3) is 5.90. The van der Waals surface area contributed by atoms with Crippen molar-refractivity contribution in [2.45, 2.75) is 99.1 Å². The Morgan fingerprint density at radius 1 is 0.952 bits per heavy atom. The molecule has 0 radical (unpaired) electrons. The van der Waals surface area contributed by atoms with Crippen LogP contribution in [0.25, 0.3) is 0 Å². The highest BCUT2D eigenvalue weighted by atomic mass is 16.5. The van der Waals surface area contributed by atoms with Crippen LogP contribution in [-0.4, -0.2) is 18.2 Å². The van der Waals surface area contributed by atoms with Crippen LogP contribution in [0.1, 0.15) is 87.5 Å². The van der Waals surface area contributed by atoms with E-state index in [0.29, 0.717) is 11.3 Å². The quantitative estimate of drug-likeness (QED) is 0.554. The molecule has 4 atom stereocenters. The van der Waals surface area contributed by atoms with Crippen molar-refractivity contribution in [3.05, 3.63) is 0 Å². The largest absolute Gasteiger partial charge is 0.375 e. The van der Waals surface area contributed by atoms with Gasteiger partial charge in [0.05, 0.1) is 12.2 Å². The van der Waals surface area contributed by atoms with Gasteiger partial charge in [0, 0.05) is 6.04 Å². The molecule has 21 heavy (non-hydrogen) atoms. The van der Waals surface area contributed by atoms with Crippen molar-refractivity contribution < 1.29 is 4.74 Å². The summed E-state index contributed by atoms with van der Waals surface area (Å²) in [5.41, 5.74) is 6.27. The summed E-state index contributed by atoms with van der Waals surface area (Å²) in [5.74, 6) is 1.36. The zero-order valence-corrected chi connectivity index (χ0v) is 16.0. The Balaban J connectivity index is 4.81. The Bertz CT molecular complexity index is 275. The minimum Gasteiger partial charge on any atom is -0.375 e. The molecule has 0 aliphatic carbocycles. The van der Waals surface area contributed by atoms with Gasteiger partial charge in [-0.1, -0.05) is 60.8 Å². The molecule has 0 bridgehead atoms. The number of hydrogen-bond donors (Lipinski definition) is 1. The van der Waals surface area contributed by atoms with Gasteiger partial charge in [-0.25, -0.2) is 0 Å². The molecule has 0 fully saturated rings. The molecular formula is C19H41NO. The van der Waals surface area contributed by atoms with Crippen LogP contribution in [0, 0.1) is 17.3 Å². The van der Waals surface area contributed by atoms with E-state index in [0.717, 1.165) is 25.4 Å². The maximum absolute atomic E-state index is 6.36. The molecule has 128 valence electrons. The fourth-order valence-electron chi connectivity index (χ4n) is 3.76. The average molecular weight is 300 g/mol. The van der Waals surface area contributed by atoms with Crippen LogP contribution in [-0.2, 0) is 4.74 Å². The summed E-state index contributed by atoms with van der Waals surface area (Å²) in [5, 5.41) is 0. The lowest BCUT2D eigenvalue weighted by Gasteiger charge is -2.43. The molecule has 0 heterocycles. The lowest BCUT2D eigenvalue weighted by Crippen LogP contribution is -2.40. The average Bonchev–Trinajstić information content (AvgIpc) is 2.44. The van der Waals surface area contributed by atoms with Crippen LogP contribution in [0.4, 0.5) is 0 Å². The Labute approximate surface area is 134 Å². The maximum atomic E-state index is 6.36. The first kappa shape index (κ1) is 20.9. The number of ether oxygens (including phenoxy) is 1. The lowest BCUT2D eigenvalue weighted by molar-refractivity contribution is -0.0835. The van der Waals surface area contributed by atoms with Gasteiger partial charge < -0.3 is 10.5 Å². The van der Waals surface area contributed by atoms with E-state index in [1.807, 2.05) is 0 Å². The van der Waals surface area contributed by atoms with Crippen molar-refractivity contribution >= 4 is 0 Å². The first-order valence-corrected chi connectivity index (χ1v) is 9.08. The normalized spacial score (nSPS) is 20.9. The van der Waals surface area contributed by atoms with E-state index in [9.17, 15) is 0 Å². The smallest absolute Gasteiger partial charge is 0.0666 e. The van der Waals surface area contributed by atoms with Crippen molar-refractivity contribution in [1.29, 1.82) is 0 Å². The third-order valence-corrected chi connectivity index (χ3v) is 5.99. The fraction of sp³-hybridized carbons (Fsp3) is 1.00. The van der Waals surface area contributed by atoms with Gasteiger partial charge in [-0.2, -0.15) is 0 Å². The van der Waals surface area contributed by atoms with Crippen LogP contribution < -0.4 is 5.73 Å². The predicted molar refractivity (Wildman–Crippen MR) is 94.5 cm³/mol. The molecule has 0 aromatic heterocycles. The zero-order valence-electron chi connectivity index (χ0n) is 16.0. The number of nitrogens with two attached hydrogens (primary N) is 1. The Hall–Kier alpha value is -0.0800. The summed E-state index contributed by atoms with van der Waals surface area (Å²) < 4.78 is 6.36. The van der Waals surface area contributed by atoms with E-state index in [4.69, 9.17) is 10.5 Å². The van der Waals surface area contributed by atoms with Gasteiger partial charge in [-0.05, 0) is 43.9 Å². The molecule has 0 aliphatic heterocycles. The van der Waals surface area contributed by atoms with Crippen molar-refractivity contribution in [3.8, 4) is 0 Å². The highest BCUT2D eigenvalue weighted by Crippen LogP contribution is 2.43. The Morgan fingerprint density at radius 3 is 1.81 bits per heavy atom. The standard InChI is InChI=1S/C19H41NO/c1-9-17(10-2)19(8,12-4)15(5)14-21-18(7,11-3)13-16(6)20/h15-17H,9-14,20H2,1-8H3. The van der Waals surface area contributed by atoms with Gasteiger partial charge in [0.2, 0.25) is 0 Å². The van der Waals surface area contributed by atoms with Gasteiger partial charge >= 0.3 is 0 Å². The summed E-state index contributed by atoms with van der Waals surface area (Å²) in [6, 6.07) is 0.196. The van der Waals surface area contributed by atoms with Gasteiger partial charge in [-0.15, -0.1) is 0 Å². The molecule has 0 spiro atoms. The molecule has 0 aliphatic rings. The number of hydrogen-bond acceptors (Lipinski definition) is 2. The first-order valence-electron chi connectivity index (χ1n) is 9.08. The molecule has 0 aromatic rings. The first-order chi connectivity index (χ1) is 9.69. The lowest BCUT2D eigenvalue weighted by atomic mass is 9.65. The second-order valence-corrected chi connectivity index (χ2v) is 7.57. The van der Waals surface area contributed by atoms with Gasteiger partial charge in [-0.3, -0.25) is 0 Å². The minimum atomic E-state index is -0.0784. The van der Waals surface area contributed by atoms with Crippen LogP contribution >= 0.6 is 0 Å². The molecule has 2 heteroatoms. The SMILES string of the molecule is CCC(CC)C(C)(CC)C(C)COC(C)(CC)CC(C)N. The van der Waals surface area contributed by atoms with Crippen molar-refractivity contribution in [2.75, 3.05) is 6.61 Å². The maximum Gasteiger partial charge on any atom is 0.0666 e. The van der Waals surface area contributed by atoms with Gasteiger partial charge in [0.1, 0.15) is 0 Å². The molecular weight excluding hydrogens is 258 g/mol. The molecule has 0 saturated heterocycles. The third-order valence-electron chi connectivity index (χ3n) is 5.99. The summed E-state index contributed by atoms with van der Waals surface area (Å²) in [4.78, 5) is 0. The van der Waals surface area contributed by atoms with Crippen molar-refractivity contribution in [2.24, 2.45) is 23.0 Å². The molecule has 0 saturated carbocycles. The highest BCUT2D eigenvalue weighted by Gasteiger charge is 2.37. The second kappa shape index (κ2) is 9.15. The minimum absolute atomic E-state index is 0.0784. The molecule has 2 nitrogen and oxygen atoms in total. The predicted octanol–water partition coefficient (Wildman–Crippen LogP) is 5.40. The van der Waals surface area contributed by atoms with Gasteiger partial charge in [0.15, 0.2) is 0 Å². The van der Waals surface area contributed by atoms with Crippen LogP contribution in [0.5, 0.6) is 0 Å². The van der Waals surface area contributed by atoms with Crippen LogP contribution in [0.3, 0.4) is 0 Å². The summed E-state index contributed by atoms with van der Waals surface area (Å²) in [7, 11) is 0. The monoisotopic (exact) mass is 299 g/mol. The van der Waals surface area contributed by atoms with Crippen LogP contribution in [0.15, 0.2) is 0 Å². The summed E-state index contributed by atoms with van der Waals surface area (Å²) in [6.45, 7) is 19.1. The number of rotatable bonds is 11. The molecule has 4 unspecified atom stereocenters. The van der Waals surface area contributed by atoms with Crippen LogP contribution in [0.2, 0.25) is 0 Å². The zero-order chi connectivity index (χ0) is 16.7. The highest BCUT2D eigenvalue weighted by molar-refractivity contribution is 4.86. The van der Waals surface area contributed by atoms with Crippen molar-refractivity contribution in [1.82, 2.24) is 0 Å². The Kier molecular flexibility index (Phi) is 9.11. The molecule has 0 amide bonds. The summed E-state index contributed by atoms with van der Waals surface area (Å²) >= 11 is 0. The van der Waals surface area contributed by atoms with E-state index in [1.54, 1.807) is 0 Å². The van der Waals surface area contributed by atoms with E-state index < -0.39 is 0 Å². The fourth-order valence-corrected chi connectivity index (χ4v) is 3.76. The molecule has 0 aromatic carbocycles. The second-order valence-electron chi connectivity index (χ2n) is 7.57. The van der Waals surface area contributed by atoms with E-state index in [-0.39, 0.29) is 11.6 Å².